The average molecular weight is 435 g/mol. The number of guanidine groups is 1. The molecule has 1 heterocycles. The molecule has 0 aromatic heterocycles. The molecule has 1 fully saturated rings. The fourth-order valence-corrected chi connectivity index (χ4v) is 2.30. The second-order valence-electron chi connectivity index (χ2n) is 6.37. The highest BCUT2D eigenvalue weighted by Crippen LogP contribution is 2.26. The van der Waals surface area contributed by atoms with Gasteiger partial charge in [0.15, 0.2) is 5.96 Å². The first kappa shape index (κ1) is 20.2. The summed E-state index contributed by atoms with van der Waals surface area (Å²) in [5.41, 5.74) is 1.71. The van der Waals surface area contributed by atoms with Crippen molar-refractivity contribution in [1.82, 2.24) is 10.6 Å². The van der Waals surface area contributed by atoms with Gasteiger partial charge in [-0.05, 0) is 38.0 Å². The van der Waals surface area contributed by atoms with Gasteiger partial charge in [-0.2, -0.15) is 0 Å². The molecule has 0 radical (unpaired) electrons. The first-order valence-electron chi connectivity index (χ1n) is 7.82. The Morgan fingerprint density at radius 3 is 2.65 bits per heavy atom. The molecule has 0 spiro atoms. The van der Waals surface area contributed by atoms with Gasteiger partial charge in [-0.3, -0.25) is 4.99 Å². The van der Waals surface area contributed by atoms with Crippen LogP contribution in [-0.2, 0) is 4.74 Å². The monoisotopic (exact) mass is 435 g/mol. The van der Waals surface area contributed by atoms with Gasteiger partial charge >= 0.3 is 0 Å². The Labute approximate surface area is 155 Å². The number of aliphatic imine (C=N–C) groups is 1. The van der Waals surface area contributed by atoms with Crippen LogP contribution in [0, 0.1) is 18.2 Å². The van der Waals surface area contributed by atoms with Gasteiger partial charge < -0.3 is 15.4 Å². The summed E-state index contributed by atoms with van der Waals surface area (Å²) in [5, 5.41) is 6.57. The second-order valence-corrected chi connectivity index (χ2v) is 6.37. The minimum absolute atomic E-state index is 0. The molecule has 0 aliphatic carbocycles. The lowest BCUT2D eigenvalue weighted by Crippen LogP contribution is -2.44. The molecule has 0 saturated carbocycles. The molecule has 0 bridgehead atoms. The highest BCUT2D eigenvalue weighted by Gasteiger charge is 2.33. The number of aryl methyl sites for hydroxylation is 1. The Bertz CT molecular complexity index is 547. The Hall–Kier alpha value is -0.890. The second kappa shape index (κ2) is 8.82. The van der Waals surface area contributed by atoms with Crippen molar-refractivity contribution in [3.8, 4) is 0 Å². The van der Waals surface area contributed by atoms with Crippen molar-refractivity contribution in [1.29, 1.82) is 0 Å². The predicted octanol–water partition coefficient (Wildman–Crippen LogP) is 3.40. The SMILES string of the molecule is CCNC(=NCC1(C)COC1)NC(C)c1ccc(C)c(F)c1.I. The number of halogens is 2. The first-order chi connectivity index (χ1) is 10.4. The van der Waals surface area contributed by atoms with Gasteiger partial charge in [-0.15, -0.1) is 24.0 Å². The molecule has 4 nitrogen and oxygen atoms in total. The largest absolute Gasteiger partial charge is 0.380 e. The van der Waals surface area contributed by atoms with E-state index in [1.165, 1.54) is 0 Å². The van der Waals surface area contributed by atoms with Crippen LogP contribution < -0.4 is 10.6 Å². The molecule has 2 N–H and O–H groups in total. The molecule has 1 aromatic rings. The third-order valence-electron chi connectivity index (χ3n) is 3.91. The maximum atomic E-state index is 13.7. The molecular weight excluding hydrogens is 408 g/mol. The third kappa shape index (κ3) is 5.60. The summed E-state index contributed by atoms with van der Waals surface area (Å²) in [5.74, 6) is 0.580. The number of ether oxygens (including phenoxy) is 1. The van der Waals surface area contributed by atoms with Crippen LogP contribution in [0.2, 0.25) is 0 Å². The normalized spacial score (nSPS) is 17.7. The number of nitrogens with zero attached hydrogens (tertiary/aromatic N) is 1. The molecule has 23 heavy (non-hydrogen) atoms. The predicted molar refractivity (Wildman–Crippen MR) is 103 cm³/mol. The zero-order valence-corrected chi connectivity index (χ0v) is 16.6. The van der Waals surface area contributed by atoms with Crippen LogP contribution in [0.15, 0.2) is 23.2 Å². The van der Waals surface area contributed by atoms with E-state index in [0.717, 1.165) is 37.8 Å². The summed E-state index contributed by atoms with van der Waals surface area (Å²) in [6, 6.07) is 5.32. The number of hydrogen-bond acceptors (Lipinski definition) is 2. The Balaban J connectivity index is 0.00000264. The molecule has 130 valence electrons. The summed E-state index contributed by atoms with van der Waals surface area (Å²) >= 11 is 0. The van der Waals surface area contributed by atoms with E-state index in [1.54, 1.807) is 19.1 Å². The topological polar surface area (TPSA) is 45.7 Å². The summed E-state index contributed by atoms with van der Waals surface area (Å²) in [7, 11) is 0. The van der Waals surface area contributed by atoms with E-state index in [2.05, 4.69) is 22.5 Å². The van der Waals surface area contributed by atoms with Gasteiger partial charge in [0.1, 0.15) is 5.82 Å². The van der Waals surface area contributed by atoms with E-state index >= 15 is 0 Å². The van der Waals surface area contributed by atoms with E-state index in [-0.39, 0.29) is 41.3 Å². The zero-order chi connectivity index (χ0) is 16.2. The molecule has 1 aliphatic rings. The van der Waals surface area contributed by atoms with Gasteiger partial charge in [0, 0.05) is 12.0 Å². The standard InChI is InChI=1S/C17H26FN3O.HI/c1-5-19-16(20-9-17(4)10-22-11-17)21-13(3)14-7-6-12(2)15(18)8-14;/h6-8,13H,5,9-11H2,1-4H3,(H2,19,20,21);1H. The molecule has 1 unspecified atom stereocenters. The van der Waals surface area contributed by atoms with Gasteiger partial charge in [-0.1, -0.05) is 19.1 Å². The van der Waals surface area contributed by atoms with Crippen LogP contribution in [0.3, 0.4) is 0 Å². The smallest absolute Gasteiger partial charge is 0.191 e. The van der Waals surface area contributed by atoms with Crippen LogP contribution >= 0.6 is 24.0 Å². The van der Waals surface area contributed by atoms with Crippen molar-refractivity contribution < 1.29 is 9.13 Å². The summed E-state index contributed by atoms with van der Waals surface area (Å²) in [6.45, 7) is 11.0. The number of nitrogens with one attached hydrogen (secondary N) is 2. The average Bonchev–Trinajstić information content (AvgIpc) is 2.45. The molecule has 1 aromatic carbocycles. The third-order valence-corrected chi connectivity index (χ3v) is 3.91. The van der Waals surface area contributed by atoms with E-state index in [0.29, 0.717) is 5.56 Å². The zero-order valence-electron chi connectivity index (χ0n) is 14.3. The van der Waals surface area contributed by atoms with E-state index < -0.39 is 0 Å². The Morgan fingerprint density at radius 2 is 2.13 bits per heavy atom. The van der Waals surface area contributed by atoms with Crippen molar-refractivity contribution in [3.05, 3.63) is 35.1 Å². The highest BCUT2D eigenvalue weighted by molar-refractivity contribution is 14.0. The molecule has 1 aliphatic heterocycles. The summed E-state index contributed by atoms with van der Waals surface area (Å²) in [4.78, 5) is 4.63. The van der Waals surface area contributed by atoms with Crippen LogP contribution in [0.1, 0.15) is 37.9 Å². The fraction of sp³-hybridized carbons (Fsp3) is 0.588. The van der Waals surface area contributed by atoms with E-state index in [4.69, 9.17) is 4.74 Å². The number of hydrogen-bond donors (Lipinski definition) is 2. The maximum Gasteiger partial charge on any atom is 0.191 e. The molecule has 2 rings (SSSR count). The minimum atomic E-state index is -0.174. The van der Waals surface area contributed by atoms with Crippen molar-refractivity contribution in [2.45, 2.75) is 33.7 Å². The Morgan fingerprint density at radius 1 is 1.43 bits per heavy atom. The van der Waals surface area contributed by atoms with Crippen LogP contribution in [0.25, 0.3) is 0 Å². The quantitative estimate of drug-likeness (QED) is 0.424. The maximum absolute atomic E-state index is 13.7. The van der Waals surface area contributed by atoms with E-state index in [1.807, 2.05) is 19.9 Å². The van der Waals surface area contributed by atoms with Crippen LogP contribution in [0.4, 0.5) is 4.39 Å². The minimum Gasteiger partial charge on any atom is -0.380 e. The molecule has 1 atom stereocenters. The highest BCUT2D eigenvalue weighted by atomic mass is 127. The van der Waals surface area contributed by atoms with Crippen LogP contribution in [0.5, 0.6) is 0 Å². The van der Waals surface area contributed by atoms with Crippen LogP contribution in [-0.4, -0.2) is 32.3 Å². The molecule has 1 saturated heterocycles. The van der Waals surface area contributed by atoms with Gasteiger partial charge in [0.25, 0.3) is 0 Å². The lowest BCUT2D eigenvalue weighted by atomic mass is 9.89. The molecule has 6 heteroatoms. The van der Waals surface area contributed by atoms with Crippen molar-refractivity contribution in [3.63, 3.8) is 0 Å². The molecule has 0 amide bonds. The Kier molecular flexibility index (Phi) is 7.73. The summed E-state index contributed by atoms with van der Waals surface area (Å²) in [6.07, 6.45) is 0. The number of rotatable bonds is 5. The van der Waals surface area contributed by atoms with Crippen molar-refractivity contribution >= 4 is 29.9 Å². The molecular formula is C17H27FIN3O. The first-order valence-corrected chi connectivity index (χ1v) is 7.82. The van der Waals surface area contributed by atoms with Gasteiger partial charge in [-0.25, -0.2) is 4.39 Å². The van der Waals surface area contributed by atoms with Gasteiger partial charge in [0.2, 0.25) is 0 Å². The lowest BCUT2D eigenvalue weighted by molar-refractivity contribution is -0.0945. The van der Waals surface area contributed by atoms with E-state index in [9.17, 15) is 4.39 Å². The van der Waals surface area contributed by atoms with Crippen molar-refractivity contribution in [2.75, 3.05) is 26.3 Å². The number of benzene rings is 1. The summed E-state index contributed by atoms with van der Waals surface area (Å²) < 4.78 is 18.9. The van der Waals surface area contributed by atoms with Crippen molar-refractivity contribution in [2.24, 2.45) is 10.4 Å². The lowest BCUT2D eigenvalue weighted by Gasteiger charge is -2.36. The fourth-order valence-electron chi connectivity index (χ4n) is 2.30. The van der Waals surface area contributed by atoms with Gasteiger partial charge in [0.05, 0.1) is 25.8 Å².